The van der Waals surface area contributed by atoms with Crippen LogP contribution >= 0.6 is 11.8 Å². The van der Waals surface area contributed by atoms with Gasteiger partial charge in [-0.15, -0.1) is 0 Å². The van der Waals surface area contributed by atoms with E-state index in [1.807, 2.05) is 12.1 Å². The van der Waals surface area contributed by atoms with Crippen LogP contribution in [0, 0.1) is 5.82 Å². The fourth-order valence-corrected chi connectivity index (χ4v) is 4.24. The van der Waals surface area contributed by atoms with Crippen LogP contribution in [0.1, 0.15) is 12.5 Å². The average molecular weight is 478 g/mol. The monoisotopic (exact) mass is 477 g/mol. The van der Waals surface area contributed by atoms with E-state index in [-0.39, 0.29) is 17.5 Å². The molecule has 0 fully saturated rings. The second-order valence-corrected chi connectivity index (χ2v) is 8.43. The van der Waals surface area contributed by atoms with E-state index >= 15 is 0 Å². The van der Waals surface area contributed by atoms with Crippen LogP contribution in [-0.4, -0.2) is 35.8 Å². The minimum atomic E-state index is -0.322. The summed E-state index contributed by atoms with van der Waals surface area (Å²) >= 11 is 1.33. The third kappa shape index (κ3) is 5.28. The lowest BCUT2D eigenvalue weighted by Crippen LogP contribution is -2.15. The van der Waals surface area contributed by atoms with Crippen molar-refractivity contribution >= 4 is 34.3 Å². The molecule has 1 aromatic heterocycles. The molecule has 0 saturated heterocycles. The fourth-order valence-electron chi connectivity index (χ4n) is 3.43. The molecule has 34 heavy (non-hydrogen) atoms. The van der Waals surface area contributed by atoms with Crippen molar-refractivity contribution in [1.29, 1.82) is 0 Å². The van der Waals surface area contributed by atoms with Crippen molar-refractivity contribution in [2.24, 2.45) is 0 Å². The van der Waals surface area contributed by atoms with E-state index in [1.54, 1.807) is 37.4 Å². The molecule has 0 aliphatic heterocycles. The lowest BCUT2D eigenvalue weighted by molar-refractivity contribution is -0.113. The second-order valence-electron chi connectivity index (χ2n) is 7.47. The van der Waals surface area contributed by atoms with Crippen LogP contribution in [0.5, 0.6) is 11.5 Å². The zero-order valence-corrected chi connectivity index (χ0v) is 19.9. The van der Waals surface area contributed by atoms with Crippen LogP contribution < -0.4 is 14.8 Å². The molecule has 4 aromatic rings. The van der Waals surface area contributed by atoms with Gasteiger partial charge in [-0.3, -0.25) is 4.79 Å². The van der Waals surface area contributed by atoms with E-state index in [0.29, 0.717) is 33.6 Å². The smallest absolute Gasteiger partial charge is 0.234 e. The number of hydrogen-bond acceptors (Lipinski definition) is 6. The highest BCUT2D eigenvalue weighted by Crippen LogP contribution is 2.31. The SMILES string of the molecule is CCc1ccc2nc(-c3ccc(F)cc3)nc(SCC(=O)Nc3ccc(OC)cc3OC)c2c1. The highest BCUT2D eigenvalue weighted by atomic mass is 32.2. The number of rotatable bonds is 8. The van der Waals surface area contributed by atoms with Crippen molar-refractivity contribution in [1.82, 2.24) is 9.97 Å². The van der Waals surface area contributed by atoms with Crippen LogP contribution in [0.4, 0.5) is 10.1 Å². The summed E-state index contributed by atoms with van der Waals surface area (Å²) in [4.78, 5) is 22.1. The van der Waals surface area contributed by atoms with Gasteiger partial charge in [-0.25, -0.2) is 14.4 Å². The Morgan fingerprint density at radius 3 is 2.50 bits per heavy atom. The van der Waals surface area contributed by atoms with Crippen LogP contribution in [0.2, 0.25) is 0 Å². The van der Waals surface area contributed by atoms with Gasteiger partial charge in [0, 0.05) is 17.0 Å². The van der Waals surface area contributed by atoms with E-state index < -0.39 is 0 Å². The minimum Gasteiger partial charge on any atom is -0.497 e. The second kappa shape index (κ2) is 10.5. The molecule has 4 rings (SSSR count). The third-order valence-electron chi connectivity index (χ3n) is 5.26. The van der Waals surface area contributed by atoms with E-state index in [2.05, 4.69) is 23.3 Å². The average Bonchev–Trinajstić information content (AvgIpc) is 2.87. The number of thioether (sulfide) groups is 1. The first kappa shape index (κ1) is 23.5. The molecule has 0 aliphatic carbocycles. The van der Waals surface area contributed by atoms with Gasteiger partial charge >= 0.3 is 0 Å². The van der Waals surface area contributed by atoms with Crippen LogP contribution in [0.3, 0.4) is 0 Å². The van der Waals surface area contributed by atoms with Crippen LogP contribution in [0.15, 0.2) is 65.7 Å². The lowest BCUT2D eigenvalue weighted by atomic mass is 10.1. The number of amides is 1. The lowest BCUT2D eigenvalue weighted by Gasteiger charge is -2.12. The van der Waals surface area contributed by atoms with Crippen LogP contribution in [0.25, 0.3) is 22.3 Å². The first-order valence-electron chi connectivity index (χ1n) is 10.7. The predicted molar refractivity (Wildman–Crippen MR) is 133 cm³/mol. The number of fused-ring (bicyclic) bond motifs is 1. The number of nitrogens with one attached hydrogen (secondary N) is 1. The predicted octanol–water partition coefficient (Wildman–Crippen LogP) is 5.75. The van der Waals surface area contributed by atoms with Crippen LogP contribution in [-0.2, 0) is 11.2 Å². The molecule has 0 saturated carbocycles. The number of anilines is 1. The van der Waals surface area contributed by atoms with Gasteiger partial charge < -0.3 is 14.8 Å². The van der Waals surface area contributed by atoms with Crippen molar-refractivity contribution in [2.45, 2.75) is 18.4 Å². The molecule has 0 unspecified atom stereocenters. The van der Waals surface area contributed by atoms with Gasteiger partial charge in [-0.2, -0.15) is 0 Å². The Hall–Kier alpha value is -3.65. The van der Waals surface area contributed by atoms with E-state index in [4.69, 9.17) is 14.5 Å². The molecule has 1 N–H and O–H groups in total. The summed E-state index contributed by atoms with van der Waals surface area (Å²) in [6.07, 6.45) is 0.873. The molecule has 6 nitrogen and oxygen atoms in total. The summed E-state index contributed by atoms with van der Waals surface area (Å²) in [5.41, 5.74) is 3.19. The van der Waals surface area contributed by atoms with Gasteiger partial charge in [0.1, 0.15) is 22.3 Å². The summed E-state index contributed by atoms with van der Waals surface area (Å²) < 4.78 is 24.0. The Bertz CT molecular complexity index is 1330. The first-order chi connectivity index (χ1) is 16.5. The highest BCUT2D eigenvalue weighted by Gasteiger charge is 2.14. The number of hydrogen-bond donors (Lipinski definition) is 1. The highest BCUT2D eigenvalue weighted by molar-refractivity contribution is 8.00. The zero-order valence-electron chi connectivity index (χ0n) is 19.1. The van der Waals surface area contributed by atoms with Crippen molar-refractivity contribution in [3.8, 4) is 22.9 Å². The molecule has 1 heterocycles. The number of methoxy groups -OCH3 is 2. The molecule has 174 valence electrons. The van der Waals surface area contributed by atoms with E-state index in [1.165, 1.54) is 31.0 Å². The maximum atomic E-state index is 13.4. The normalized spacial score (nSPS) is 10.8. The summed E-state index contributed by atoms with van der Waals surface area (Å²) in [6.45, 7) is 2.08. The minimum absolute atomic E-state index is 0.139. The van der Waals surface area contributed by atoms with Crippen molar-refractivity contribution in [3.05, 3.63) is 72.0 Å². The molecule has 0 bridgehead atoms. The molecular weight excluding hydrogens is 453 g/mol. The largest absolute Gasteiger partial charge is 0.497 e. The number of carbonyl (C=O) groups excluding carboxylic acids is 1. The molecule has 0 aliphatic rings. The Morgan fingerprint density at radius 1 is 1.00 bits per heavy atom. The number of carbonyl (C=O) groups is 1. The van der Waals surface area contributed by atoms with Gasteiger partial charge in [-0.1, -0.05) is 24.8 Å². The van der Waals surface area contributed by atoms with Gasteiger partial charge in [0.2, 0.25) is 5.91 Å². The van der Waals surface area contributed by atoms with Gasteiger partial charge in [0.25, 0.3) is 0 Å². The van der Waals surface area contributed by atoms with Gasteiger partial charge in [0.15, 0.2) is 5.82 Å². The summed E-state index contributed by atoms with van der Waals surface area (Å²) in [7, 11) is 3.11. The van der Waals surface area contributed by atoms with Gasteiger partial charge in [-0.05, 0) is 60.5 Å². The molecular formula is C26H24FN3O3S. The Morgan fingerprint density at radius 2 is 1.79 bits per heavy atom. The fraction of sp³-hybridized carbons (Fsp3) is 0.192. The van der Waals surface area contributed by atoms with Crippen molar-refractivity contribution in [2.75, 3.05) is 25.3 Å². The Kier molecular flexibility index (Phi) is 7.27. The molecule has 0 spiro atoms. The first-order valence-corrected chi connectivity index (χ1v) is 11.7. The standard InChI is InChI=1S/C26H24FN3O3S/c1-4-16-5-11-21-20(13-16)26(30-25(29-21)17-6-8-18(27)9-7-17)34-15-24(31)28-22-12-10-19(32-2)14-23(22)33-3/h5-14H,4,15H2,1-3H3,(H,28,31). The molecule has 8 heteroatoms. The Balaban J connectivity index is 1.61. The molecule has 0 atom stereocenters. The Labute approximate surface area is 201 Å². The maximum absolute atomic E-state index is 13.4. The number of nitrogens with zero attached hydrogens (tertiary/aromatic N) is 2. The topological polar surface area (TPSA) is 73.3 Å². The summed E-state index contributed by atoms with van der Waals surface area (Å²) in [5.74, 6) is 1.25. The molecule has 0 radical (unpaired) electrons. The number of ether oxygens (including phenoxy) is 2. The van der Waals surface area contributed by atoms with Crippen molar-refractivity contribution in [3.63, 3.8) is 0 Å². The quantitative estimate of drug-likeness (QED) is 0.257. The number of benzene rings is 3. The zero-order chi connectivity index (χ0) is 24.1. The molecule has 1 amide bonds. The van der Waals surface area contributed by atoms with E-state index in [9.17, 15) is 9.18 Å². The van der Waals surface area contributed by atoms with Crippen molar-refractivity contribution < 1.29 is 18.7 Å². The van der Waals surface area contributed by atoms with Gasteiger partial charge in [0.05, 0.1) is 31.2 Å². The number of aryl methyl sites for hydroxylation is 1. The summed E-state index contributed by atoms with van der Waals surface area (Å²) in [6, 6.07) is 17.3. The molecule has 3 aromatic carbocycles. The number of aromatic nitrogens is 2. The third-order valence-corrected chi connectivity index (χ3v) is 6.25. The van der Waals surface area contributed by atoms with E-state index in [0.717, 1.165) is 22.9 Å². The maximum Gasteiger partial charge on any atom is 0.234 e. The number of halogens is 1. The summed E-state index contributed by atoms with van der Waals surface area (Å²) in [5, 5.41) is 4.45.